The molecule has 0 amide bonds. The number of nitrogens with zero attached hydrogens (tertiary/aromatic N) is 2. The third kappa shape index (κ3) is 4.82. The fourth-order valence-corrected chi connectivity index (χ4v) is 4.92. The fraction of sp³-hybridized carbons (Fsp3) is 0.842. The number of likely N-dealkylation sites (N-methyl/N-ethyl adjacent to an activating group) is 1. The molecule has 0 spiro atoms. The Labute approximate surface area is 156 Å². The van der Waals surface area contributed by atoms with Crippen molar-refractivity contribution in [3.63, 3.8) is 0 Å². The van der Waals surface area contributed by atoms with Gasteiger partial charge in [-0.25, -0.2) is 0 Å². The predicted molar refractivity (Wildman–Crippen MR) is 96.1 cm³/mol. The number of carbonyl (C=O) groups excluding carboxylic acids is 3. The zero-order valence-electron chi connectivity index (χ0n) is 16.7. The standard InChI is InChI=1S/C19H34N2O5/c1-20(12-8-17(23)25-3)11-7-15(14-20)19(16(22)13-18(24)26-4)21(2)9-5-6-10-21/h15,19H,5-14H2,1-4H3/q+2. The van der Waals surface area contributed by atoms with Crippen molar-refractivity contribution in [1.82, 2.24) is 0 Å². The first-order valence-corrected chi connectivity index (χ1v) is 9.57. The monoisotopic (exact) mass is 370 g/mol. The van der Waals surface area contributed by atoms with Gasteiger partial charge in [0.2, 0.25) is 5.78 Å². The largest absolute Gasteiger partial charge is 0.469 e. The third-order valence-electron chi connectivity index (χ3n) is 6.38. The van der Waals surface area contributed by atoms with Crippen molar-refractivity contribution in [3.8, 4) is 0 Å². The first kappa shape index (κ1) is 20.8. The molecule has 2 heterocycles. The number of esters is 2. The second-order valence-corrected chi connectivity index (χ2v) is 8.42. The van der Waals surface area contributed by atoms with Gasteiger partial charge in [-0.1, -0.05) is 0 Å². The second-order valence-electron chi connectivity index (χ2n) is 8.42. The van der Waals surface area contributed by atoms with Gasteiger partial charge in [0.1, 0.15) is 6.42 Å². The van der Waals surface area contributed by atoms with Crippen LogP contribution in [-0.4, -0.2) is 93.8 Å². The van der Waals surface area contributed by atoms with Crippen LogP contribution in [-0.2, 0) is 23.9 Å². The smallest absolute Gasteiger partial charge is 0.313 e. The molecule has 2 aliphatic rings. The van der Waals surface area contributed by atoms with Crippen molar-refractivity contribution in [2.45, 2.75) is 38.1 Å². The lowest BCUT2D eigenvalue weighted by Crippen LogP contribution is -2.58. The Morgan fingerprint density at radius 2 is 1.62 bits per heavy atom. The number of hydrogen-bond donors (Lipinski definition) is 0. The summed E-state index contributed by atoms with van der Waals surface area (Å²) >= 11 is 0. The van der Waals surface area contributed by atoms with E-state index in [2.05, 4.69) is 14.1 Å². The summed E-state index contributed by atoms with van der Waals surface area (Å²) < 4.78 is 11.0. The molecule has 0 saturated carbocycles. The van der Waals surface area contributed by atoms with Crippen LogP contribution in [0.15, 0.2) is 0 Å². The Bertz CT molecular complexity index is 544. The van der Waals surface area contributed by atoms with E-state index in [0.29, 0.717) is 6.42 Å². The average Bonchev–Trinajstić information content (AvgIpc) is 3.20. The van der Waals surface area contributed by atoms with Crippen LogP contribution < -0.4 is 0 Å². The molecule has 2 aliphatic heterocycles. The van der Waals surface area contributed by atoms with Gasteiger partial charge < -0.3 is 18.4 Å². The van der Waals surface area contributed by atoms with Gasteiger partial charge in [0, 0.05) is 19.3 Å². The quantitative estimate of drug-likeness (QED) is 0.358. The van der Waals surface area contributed by atoms with Crippen LogP contribution in [0.5, 0.6) is 0 Å². The van der Waals surface area contributed by atoms with Crippen LogP contribution in [0.3, 0.4) is 0 Å². The average molecular weight is 370 g/mol. The minimum absolute atomic E-state index is 0.00710. The molecule has 2 saturated heterocycles. The van der Waals surface area contributed by atoms with Gasteiger partial charge in [-0.15, -0.1) is 0 Å². The molecule has 0 aromatic rings. The van der Waals surface area contributed by atoms with Crippen LogP contribution in [0.2, 0.25) is 0 Å². The number of ketones is 1. The fourth-order valence-electron chi connectivity index (χ4n) is 4.92. The van der Waals surface area contributed by atoms with Crippen LogP contribution >= 0.6 is 0 Å². The van der Waals surface area contributed by atoms with Gasteiger partial charge >= 0.3 is 11.9 Å². The molecule has 0 aromatic heterocycles. The Balaban J connectivity index is 2.12. The van der Waals surface area contributed by atoms with Gasteiger partial charge in [0.15, 0.2) is 6.04 Å². The molecule has 7 nitrogen and oxygen atoms in total. The summed E-state index contributed by atoms with van der Waals surface area (Å²) in [7, 11) is 7.04. The summed E-state index contributed by atoms with van der Waals surface area (Å²) in [4.78, 5) is 36.2. The van der Waals surface area contributed by atoms with Gasteiger partial charge in [0.05, 0.1) is 73.4 Å². The third-order valence-corrected chi connectivity index (χ3v) is 6.38. The zero-order chi connectivity index (χ0) is 19.4. The van der Waals surface area contributed by atoms with Gasteiger partial charge in [-0.2, -0.15) is 0 Å². The maximum atomic E-state index is 13.0. The van der Waals surface area contributed by atoms with Gasteiger partial charge in [0.25, 0.3) is 0 Å². The lowest BCUT2D eigenvalue weighted by Gasteiger charge is -2.40. The number of carbonyl (C=O) groups is 3. The SMILES string of the molecule is COC(=O)CC[N+]1(C)CCC(C(C(=O)CC(=O)OC)[N+]2(C)CCCC2)C1. The van der Waals surface area contributed by atoms with E-state index in [1.807, 2.05) is 0 Å². The summed E-state index contributed by atoms with van der Waals surface area (Å²) in [6.07, 6.45) is 3.45. The van der Waals surface area contributed by atoms with Gasteiger partial charge in [-0.05, 0) is 0 Å². The highest BCUT2D eigenvalue weighted by molar-refractivity contribution is 5.98. The van der Waals surface area contributed by atoms with E-state index in [-0.39, 0.29) is 30.1 Å². The number of quaternary nitrogens is 2. The van der Waals surface area contributed by atoms with E-state index in [0.717, 1.165) is 61.0 Å². The summed E-state index contributed by atoms with van der Waals surface area (Å²) in [6, 6.07) is -0.158. The number of hydrogen-bond acceptors (Lipinski definition) is 5. The van der Waals surface area contributed by atoms with E-state index in [9.17, 15) is 14.4 Å². The highest BCUT2D eigenvalue weighted by Gasteiger charge is 2.51. The Hall–Kier alpha value is -1.47. The maximum Gasteiger partial charge on any atom is 0.313 e. The summed E-state index contributed by atoms with van der Waals surface area (Å²) in [5.74, 6) is -0.401. The minimum Gasteiger partial charge on any atom is -0.469 e. The maximum absolute atomic E-state index is 13.0. The predicted octanol–water partition coefficient (Wildman–Crippen LogP) is 0.757. The molecule has 0 bridgehead atoms. The van der Waals surface area contributed by atoms with Crippen molar-refractivity contribution in [2.75, 3.05) is 61.0 Å². The molecule has 0 radical (unpaired) electrons. The van der Waals surface area contributed by atoms with E-state index in [1.165, 1.54) is 14.2 Å². The molecule has 26 heavy (non-hydrogen) atoms. The molecular weight excluding hydrogens is 336 g/mol. The number of likely N-dealkylation sites (tertiary alicyclic amines) is 2. The molecule has 0 aromatic carbocycles. The molecular formula is C19H34N2O5+2. The highest BCUT2D eigenvalue weighted by atomic mass is 16.5. The molecule has 3 atom stereocenters. The summed E-state index contributed by atoms with van der Waals surface area (Å²) in [5, 5.41) is 0. The van der Waals surface area contributed by atoms with Crippen molar-refractivity contribution < 1.29 is 32.8 Å². The first-order chi connectivity index (χ1) is 12.2. The van der Waals surface area contributed by atoms with E-state index in [4.69, 9.17) is 9.47 Å². The lowest BCUT2D eigenvalue weighted by molar-refractivity contribution is -0.925. The van der Waals surface area contributed by atoms with E-state index in [1.54, 1.807) is 0 Å². The summed E-state index contributed by atoms with van der Waals surface area (Å²) in [6.45, 7) is 4.51. The minimum atomic E-state index is -0.452. The van der Waals surface area contributed by atoms with Crippen LogP contribution in [0.1, 0.15) is 32.1 Å². The molecule has 2 rings (SSSR count). The number of rotatable bonds is 8. The number of ether oxygens (including phenoxy) is 2. The second kappa shape index (κ2) is 8.48. The Morgan fingerprint density at radius 3 is 2.19 bits per heavy atom. The number of Topliss-reactive ketones (excluding diaryl/α,β-unsaturated/α-hetero) is 1. The molecule has 0 aliphatic carbocycles. The molecule has 148 valence electrons. The van der Waals surface area contributed by atoms with Crippen molar-refractivity contribution in [1.29, 1.82) is 0 Å². The Kier molecular flexibility index (Phi) is 6.80. The van der Waals surface area contributed by atoms with Crippen molar-refractivity contribution in [2.24, 2.45) is 5.92 Å². The molecule has 2 fully saturated rings. The van der Waals surface area contributed by atoms with E-state index < -0.39 is 5.97 Å². The van der Waals surface area contributed by atoms with E-state index >= 15 is 0 Å². The van der Waals surface area contributed by atoms with Crippen molar-refractivity contribution >= 4 is 17.7 Å². The van der Waals surface area contributed by atoms with Crippen LogP contribution in [0.25, 0.3) is 0 Å². The van der Waals surface area contributed by atoms with Crippen molar-refractivity contribution in [3.05, 3.63) is 0 Å². The lowest BCUT2D eigenvalue weighted by atomic mass is 9.90. The number of methoxy groups -OCH3 is 2. The van der Waals surface area contributed by atoms with Crippen LogP contribution in [0, 0.1) is 5.92 Å². The zero-order valence-corrected chi connectivity index (χ0v) is 16.7. The normalized spacial score (nSPS) is 28.5. The molecule has 3 unspecified atom stereocenters. The molecule has 0 N–H and O–H groups in total. The Morgan fingerprint density at radius 1 is 1.00 bits per heavy atom. The topological polar surface area (TPSA) is 69.7 Å². The van der Waals surface area contributed by atoms with Crippen LogP contribution in [0.4, 0.5) is 0 Å². The highest BCUT2D eigenvalue weighted by Crippen LogP contribution is 2.34. The molecule has 7 heteroatoms. The first-order valence-electron chi connectivity index (χ1n) is 9.57. The van der Waals surface area contributed by atoms with Gasteiger partial charge in [-0.3, -0.25) is 14.4 Å². The summed E-state index contributed by atoms with van der Waals surface area (Å²) in [5.41, 5.74) is 0.